The molecule has 2 rings (SSSR count). The molecule has 4 nitrogen and oxygen atoms in total. The molecule has 0 atom stereocenters. The van der Waals surface area contributed by atoms with E-state index in [9.17, 15) is 0 Å². The van der Waals surface area contributed by atoms with Crippen molar-refractivity contribution in [2.24, 2.45) is 5.92 Å². The average molecular weight is 262 g/mol. The molecule has 0 saturated carbocycles. The van der Waals surface area contributed by atoms with Gasteiger partial charge in [-0.25, -0.2) is 0 Å². The van der Waals surface area contributed by atoms with E-state index in [0.29, 0.717) is 12.5 Å². The maximum absolute atomic E-state index is 4.34. The number of aryl methyl sites for hydroxylation is 1. The number of hydrogen-bond donors (Lipinski definition) is 1. The summed E-state index contributed by atoms with van der Waals surface area (Å²) in [4.78, 5) is 4.34. The minimum absolute atomic E-state index is 0.615. The summed E-state index contributed by atoms with van der Waals surface area (Å²) in [6, 6.07) is 4.09. The highest BCUT2D eigenvalue weighted by atomic mass is 32.1. The summed E-state index contributed by atoms with van der Waals surface area (Å²) in [5.41, 5.74) is 2.19. The third-order valence-electron chi connectivity index (χ3n) is 2.44. The van der Waals surface area contributed by atoms with E-state index in [1.54, 1.807) is 11.3 Å². The number of nitrogens with zero attached hydrogens (tertiary/aromatic N) is 3. The van der Waals surface area contributed by atoms with Gasteiger partial charge < -0.3 is 5.32 Å². The lowest BCUT2D eigenvalue weighted by molar-refractivity contribution is 0.640. The summed E-state index contributed by atoms with van der Waals surface area (Å²) in [7, 11) is 0. The number of pyridine rings is 1. The summed E-state index contributed by atoms with van der Waals surface area (Å²) in [5.74, 6) is 0.615. The molecule has 96 valence electrons. The number of anilines is 1. The zero-order chi connectivity index (χ0) is 13.0. The predicted molar refractivity (Wildman–Crippen MR) is 74.8 cm³/mol. The first kappa shape index (κ1) is 13.0. The van der Waals surface area contributed by atoms with Crippen molar-refractivity contribution < 1.29 is 0 Å². The van der Waals surface area contributed by atoms with Gasteiger partial charge in [0.1, 0.15) is 5.01 Å². The first-order valence-electron chi connectivity index (χ1n) is 6.11. The Kier molecular flexibility index (Phi) is 4.25. The Morgan fingerprint density at radius 3 is 2.78 bits per heavy atom. The molecule has 5 heteroatoms. The number of nitrogens with one attached hydrogen (secondary N) is 1. The van der Waals surface area contributed by atoms with Gasteiger partial charge in [0, 0.05) is 12.6 Å². The minimum Gasteiger partial charge on any atom is -0.354 e. The molecule has 2 aromatic heterocycles. The Morgan fingerprint density at radius 1 is 1.28 bits per heavy atom. The normalized spacial score (nSPS) is 10.9. The molecule has 0 fully saturated rings. The predicted octanol–water partition coefficient (Wildman–Crippen LogP) is 3.05. The first-order valence-corrected chi connectivity index (χ1v) is 6.93. The largest absolute Gasteiger partial charge is 0.354 e. The maximum atomic E-state index is 4.34. The lowest BCUT2D eigenvalue weighted by Crippen LogP contribution is -2.01. The molecule has 0 bridgehead atoms. The van der Waals surface area contributed by atoms with E-state index in [0.717, 1.165) is 22.3 Å². The van der Waals surface area contributed by atoms with Crippen LogP contribution in [-0.2, 0) is 13.0 Å². The lowest BCUT2D eigenvalue weighted by atomic mass is 10.1. The third kappa shape index (κ3) is 3.77. The van der Waals surface area contributed by atoms with E-state index >= 15 is 0 Å². The van der Waals surface area contributed by atoms with Crippen LogP contribution in [0.2, 0.25) is 0 Å². The van der Waals surface area contributed by atoms with E-state index in [-0.39, 0.29) is 0 Å². The maximum Gasteiger partial charge on any atom is 0.205 e. The Bertz CT molecular complexity index is 490. The third-order valence-corrected chi connectivity index (χ3v) is 3.35. The van der Waals surface area contributed by atoms with E-state index < -0.39 is 0 Å². The molecule has 2 heterocycles. The molecule has 1 N–H and O–H groups in total. The second-order valence-electron chi connectivity index (χ2n) is 4.78. The smallest absolute Gasteiger partial charge is 0.205 e. The Balaban J connectivity index is 1.90. The Morgan fingerprint density at radius 2 is 2.11 bits per heavy atom. The van der Waals surface area contributed by atoms with Crippen molar-refractivity contribution in [1.82, 2.24) is 15.2 Å². The summed E-state index contributed by atoms with van der Waals surface area (Å²) in [6.07, 6.45) is 2.86. The van der Waals surface area contributed by atoms with Crippen LogP contribution in [0.1, 0.15) is 30.1 Å². The molecular weight excluding hydrogens is 244 g/mol. The summed E-state index contributed by atoms with van der Waals surface area (Å²) < 4.78 is 0. The number of aromatic nitrogens is 3. The molecule has 18 heavy (non-hydrogen) atoms. The van der Waals surface area contributed by atoms with Crippen LogP contribution in [0.5, 0.6) is 0 Å². The van der Waals surface area contributed by atoms with Crippen LogP contribution in [0.3, 0.4) is 0 Å². The van der Waals surface area contributed by atoms with E-state index in [4.69, 9.17) is 0 Å². The summed E-state index contributed by atoms with van der Waals surface area (Å²) in [5, 5.41) is 13.5. The monoisotopic (exact) mass is 262 g/mol. The van der Waals surface area contributed by atoms with Gasteiger partial charge in [0.25, 0.3) is 0 Å². The fourth-order valence-electron chi connectivity index (χ4n) is 1.53. The SMILES string of the molecule is Cc1ccc(CNc2nnc(CC(C)C)s2)nc1. The van der Waals surface area contributed by atoms with Crippen molar-refractivity contribution in [3.05, 3.63) is 34.6 Å². The number of rotatable bonds is 5. The van der Waals surface area contributed by atoms with Gasteiger partial charge in [0.15, 0.2) is 0 Å². The average Bonchev–Trinajstić information content (AvgIpc) is 2.75. The fraction of sp³-hybridized carbons (Fsp3) is 0.462. The number of hydrogen-bond acceptors (Lipinski definition) is 5. The van der Waals surface area contributed by atoms with Gasteiger partial charge in [-0.1, -0.05) is 31.3 Å². The molecule has 2 aromatic rings. The van der Waals surface area contributed by atoms with Gasteiger partial charge in [0.2, 0.25) is 5.13 Å². The fourth-order valence-corrected chi connectivity index (χ4v) is 2.47. The summed E-state index contributed by atoms with van der Waals surface area (Å²) in [6.45, 7) is 7.10. The molecular formula is C13H18N4S. The van der Waals surface area contributed by atoms with Crippen LogP contribution in [-0.4, -0.2) is 15.2 Å². The highest BCUT2D eigenvalue weighted by Gasteiger charge is 2.05. The van der Waals surface area contributed by atoms with E-state index in [2.05, 4.69) is 40.4 Å². The summed E-state index contributed by atoms with van der Waals surface area (Å²) >= 11 is 1.62. The first-order chi connectivity index (χ1) is 8.63. The lowest BCUT2D eigenvalue weighted by Gasteiger charge is -2.01. The van der Waals surface area contributed by atoms with Gasteiger partial charge >= 0.3 is 0 Å². The zero-order valence-electron chi connectivity index (χ0n) is 11.0. The van der Waals surface area contributed by atoms with Crippen LogP contribution in [0.4, 0.5) is 5.13 Å². The van der Waals surface area contributed by atoms with Crippen LogP contribution in [0.15, 0.2) is 18.3 Å². The molecule has 0 unspecified atom stereocenters. The van der Waals surface area contributed by atoms with Gasteiger partial charge in [-0.2, -0.15) is 0 Å². The van der Waals surface area contributed by atoms with Gasteiger partial charge in [0.05, 0.1) is 12.2 Å². The molecule has 0 radical (unpaired) electrons. The molecule has 0 spiro atoms. The highest BCUT2D eigenvalue weighted by molar-refractivity contribution is 7.15. The van der Waals surface area contributed by atoms with Crippen LogP contribution < -0.4 is 5.32 Å². The molecule has 0 aliphatic rings. The molecule has 0 amide bonds. The Labute approximate surface area is 111 Å². The highest BCUT2D eigenvalue weighted by Crippen LogP contribution is 2.18. The van der Waals surface area contributed by atoms with Crippen molar-refractivity contribution in [3.8, 4) is 0 Å². The minimum atomic E-state index is 0.615. The second kappa shape index (κ2) is 5.91. The van der Waals surface area contributed by atoms with Crippen molar-refractivity contribution in [3.63, 3.8) is 0 Å². The van der Waals surface area contributed by atoms with Gasteiger partial charge in [-0.3, -0.25) is 4.98 Å². The van der Waals surface area contributed by atoms with Crippen molar-refractivity contribution >= 4 is 16.5 Å². The second-order valence-corrected chi connectivity index (χ2v) is 5.84. The van der Waals surface area contributed by atoms with Gasteiger partial charge in [-0.05, 0) is 24.5 Å². The molecule has 0 aliphatic heterocycles. The van der Waals surface area contributed by atoms with E-state index in [1.807, 2.05) is 19.2 Å². The molecule has 0 aliphatic carbocycles. The van der Waals surface area contributed by atoms with Gasteiger partial charge in [-0.15, -0.1) is 10.2 Å². The standard InChI is InChI=1S/C13H18N4S/c1-9(2)6-12-16-17-13(18-12)15-8-11-5-4-10(3)7-14-11/h4-5,7,9H,6,8H2,1-3H3,(H,15,17). The van der Waals surface area contributed by atoms with Crippen LogP contribution >= 0.6 is 11.3 Å². The van der Waals surface area contributed by atoms with Crippen molar-refractivity contribution in [1.29, 1.82) is 0 Å². The molecule has 0 saturated heterocycles. The Hall–Kier alpha value is -1.49. The zero-order valence-corrected chi connectivity index (χ0v) is 11.8. The van der Waals surface area contributed by atoms with Crippen molar-refractivity contribution in [2.75, 3.05) is 5.32 Å². The van der Waals surface area contributed by atoms with Crippen LogP contribution in [0.25, 0.3) is 0 Å². The quantitative estimate of drug-likeness (QED) is 0.899. The van der Waals surface area contributed by atoms with Crippen LogP contribution in [0, 0.1) is 12.8 Å². The van der Waals surface area contributed by atoms with Crippen molar-refractivity contribution in [2.45, 2.75) is 33.7 Å². The molecule has 0 aromatic carbocycles. The topological polar surface area (TPSA) is 50.7 Å². The van der Waals surface area contributed by atoms with E-state index in [1.165, 1.54) is 5.56 Å².